The molecular formula is C21H20F3N3O5S. The molecule has 0 atom stereocenters. The highest BCUT2D eigenvalue weighted by Crippen LogP contribution is 2.30. The lowest BCUT2D eigenvalue weighted by Crippen LogP contribution is -2.50. The molecule has 0 saturated carbocycles. The molecule has 1 aliphatic heterocycles. The summed E-state index contributed by atoms with van der Waals surface area (Å²) in [7, 11) is -4.01. The first kappa shape index (κ1) is 24.4. The largest absolute Gasteiger partial charge is 0.416 e. The second kappa shape index (κ2) is 9.32. The molecule has 2 aromatic rings. The van der Waals surface area contributed by atoms with E-state index in [4.69, 9.17) is 0 Å². The number of amides is 1. The molecule has 0 aliphatic carbocycles. The average molecular weight is 483 g/mol. The Morgan fingerprint density at radius 3 is 2.36 bits per heavy atom. The summed E-state index contributed by atoms with van der Waals surface area (Å²) in [5.74, 6) is -0.462. The molecule has 0 bridgehead atoms. The molecule has 0 unspecified atom stereocenters. The molecule has 33 heavy (non-hydrogen) atoms. The molecule has 176 valence electrons. The molecule has 8 nitrogen and oxygen atoms in total. The number of rotatable bonds is 5. The number of sulfonamides is 1. The van der Waals surface area contributed by atoms with E-state index in [1.807, 2.05) is 0 Å². The van der Waals surface area contributed by atoms with E-state index in [9.17, 15) is 36.5 Å². The monoisotopic (exact) mass is 483 g/mol. The van der Waals surface area contributed by atoms with Gasteiger partial charge in [-0.3, -0.25) is 14.9 Å². The first-order chi connectivity index (χ1) is 15.4. The van der Waals surface area contributed by atoms with Gasteiger partial charge in [0.1, 0.15) is 0 Å². The zero-order valence-electron chi connectivity index (χ0n) is 17.4. The standard InChI is InChI=1S/C21H20F3N3O5S/c1-15-5-7-18(27(29)30)14-19(15)33(31,32)26-11-9-25(10-12-26)20(28)8-6-16-3-2-4-17(13-16)21(22,23)24/h2-8,13-14H,9-12H2,1H3/b8-6+. The van der Waals surface area contributed by atoms with Crippen molar-refractivity contribution in [1.29, 1.82) is 0 Å². The minimum absolute atomic E-state index is 0.0202. The molecule has 0 radical (unpaired) electrons. The summed E-state index contributed by atoms with van der Waals surface area (Å²) in [4.78, 5) is 24.0. The Morgan fingerprint density at radius 2 is 1.76 bits per heavy atom. The van der Waals surface area contributed by atoms with Crippen molar-refractivity contribution in [2.75, 3.05) is 26.2 Å². The summed E-state index contributed by atoms with van der Waals surface area (Å²) in [6.07, 6.45) is -2.08. The Morgan fingerprint density at radius 1 is 1.09 bits per heavy atom. The van der Waals surface area contributed by atoms with Crippen LogP contribution in [0.25, 0.3) is 6.08 Å². The zero-order chi connectivity index (χ0) is 24.4. The van der Waals surface area contributed by atoms with Gasteiger partial charge < -0.3 is 4.90 Å². The number of aryl methyl sites for hydroxylation is 1. The molecule has 1 saturated heterocycles. The summed E-state index contributed by atoms with van der Waals surface area (Å²) in [5, 5.41) is 11.0. The van der Waals surface area contributed by atoms with Crippen LogP contribution in [0.4, 0.5) is 18.9 Å². The summed E-state index contributed by atoms with van der Waals surface area (Å²) < 4.78 is 65.5. The van der Waals surface area contributed by atoms with Crippen molar-refractivity contribution in [2.45, 2.75) is 18.0 Å². The van der Waals surface area contributed by atoms with Crippen molar-refractivity contribution >= 4 is 27.7 Å². The Bertz CT molecular complexity index is 1200. The number of nitro groups is 1. The van der Waals surface area contributed by atoms with E-state index < -0.39 is 32.6 Å². The van der Waals surface area contributed by atoms with Gasteiger partial charge in [0.15, 0.2) is 0 Å². The topological polar surface area (TPSA) is 101 Å². The van der Waals surface area contributed by atoms with Crippen LogP contribution in [0.5, 0.6) is 0 Å². The van der Waals surface area contributed by atoms with Gasteiger partial charge in [-0.25, -0.2) is 8.42 Å². The average Bonchev–Trinajstić information content (AvgIpc) is 2.77. The summed E-state index contributed by atoms with van der Waals surface area (Å²) in [6, 6.07) is 8.14. The number of benzene rings is 2. The molecular weight excluding hydrogens is 463 g/mol. The van der Waals surface area contributed by atoms with E-state index in [2.05, 4.69) is 0 Å². The van der Waals surface area contributed by atoms with Gasteiger partial charge in [0, 0.05) is 44.4 Å². The lowest BCUT2D eigenvalue weighted by molar-refractivity contribution is -0.385. The fourth-order valence-corrected chi connectivity index (χ4v) is 5.03. The number of nitrogens with zero attached hydrogens (tertiary/aromatic N) is 3. The maximum absolute atomic E-state index is 13.0. The maximum atomic E-state index is 13.0. The molecule has 0 aromatic heterocycles. The number of carbonyl (C=O) groups excluding carboxylic acids is 1. The Labute approximate surface area is 188 Å². The highest BCUT2D eigenvalue weighted by molar-refractivity contribution is 7.89. The molecule has 1 aliphatic rings. The van der Waals surface area contributed by atoms with Crippen LogP contribution in [0, 0.1) is 17.0 Å². The zero-order valence-corrected chi connectivity index (χ0v) is 18.3. The predicted octanol–water partition coefficient (Wildman–Crippen LogP) is 3.47. The highest BCUT2D eigenvalue weighted by atomic mass is 32.2. The van der Waals surface area contributed by atoms with E-state index in [1.165, 1.54) is 42.2 Å². The summed E-state index contributed by atoms with van der Waals surface area (Å²) in [6.45, 7) is 1.63. The normalized spacial score (nSPS) is 15.7. The number of halogens is 3. The van der Waals surface area contributed by atoms with E-state index in [0.717, 1.165) is 28.6 Å². The number of non-ortho nitro benzene ring substituents is 1. The van der Waals surface area contributed by atoms with Gasteiger partial charge in [0.2, 0.25) is 15.9 Å². The minimum Gasteiger partial charge on any atom is -0.337 e. The van der Waals surface area contributed by atoms with Crippen LogP contribution >= 0.6 is 0 Å². The van der Waals surface area contributed by atoms with E-state index in [-0.39, 0.29) is 42.3 Å². The summed E-state index contributed by atoms with van der Waals surface area (Å²) >= 11 is 0. The van der Waals surface area contributed by atoms with Crippen LogP contribution in [-0.4, -0.2) is 54.6 Å². The van der Waals surface area contributed by atoms with Crippen molar-refractivity contribution in [3.05, 3.63) is 75.3 Å². The number of hydrogen-bond donors (Lipinski definition) is 0. The van der Waals surface area contributed by atoms with E-state index >= 15 is 0 Å². The van der Waals surface area contributed by atoms with Crippen LogP contribution in [0.1, 0.15) is 16.7 Å². The molecule has 12 heteroatoms. The van der Waals surface area contributed by atoms with Crippen molar-refractivity contribution in [3.63, 3.8) is 0 Å². The first-order valence-corrected chi connectivity index (χ1v) is 11.2. The Balaban J connectivity index is 1.67. The number of hydrogen-bond acceptors (Lipinski definition) is 5. The van der Waals surface area contributed by atoms with Gasteiger partial charge in [0.05, 0.1) is 15.4 Å². The van der Waals surface area contributed by atoms with Gasteiger partial charge in [0.25, 0.3) is 5.69 Å². The van der Waals surface area contributed by atoms with Gasteiger partial charge >= 0.3 is 6.18 Å². The third kappa shape index (κ3) is 5.57. The lowest BCUT2D eigenvalue weighted by atomic mass is 10.1. The van der Waals surface area contributed by atoms with Gasteiger partial charge in [-0.15, -0.1) is 0 Å². The highest BCUT2D eigenvalue weighted by Gasteiger charge is 2.32. The van der Waals surface area contributed by atoms with E-state index in [1.54, 1.807) is 0 Å². The van der Waals surface area contributed by atoms with Gasteiger partial charge in [-0.05, 0) is 36.3 Å². The molecule has 3 rings (SSSR count). The van der Waals surface area contributed by atoms with Crippen LogP contribution in [0.15, 0.2) is 53.4 Å². The van der Waals surface area contributed by atoms with Crippen molar-refractivity contribution in [3.8, 4) is 0 Å². The second-order valence-electron chi connectivity index (χ2n) is 7.39. The second-order valence-corrected chi connectivity index (χ2v) is 9.30. The molecule has 1 amide bonds. The number of piperazine rings is 1. The molecule has 0 spiro atoms. The molecule has 1 heterocycles. The molecule has 2 aromatic carbocycles. The minimum atomic E-state index is -4.49. The van der Waals surface area contributed by atoms with E-state index in [0.29, 0.717) is 5.56 Å². The quantitative estimate of drug-likeness (QED) is 0.368. The predicted molar refractivity (Wildman–Crippen MR) is 114 cm³/mol. The fourth-order valence-electron chi connectivity index (χ4n) is 3.36. The summed E-state index contributed by atoms with van der Waals surface area (Å²) in [5.41, 5.74) is -0.594. The van der Waals surface area contributed by atoms with Gasteiger partial charge in [-0.1, -0.05) is 18.2 Å². The smallest absolute Gasteiger partial charge is 0.337 e. The maximum Gasteiger partial charge on any atom is 0.416 e. The van der Waals surface area contributed by atoms with Crippen LogP contribution in [0.3, 0.4) is 0 Å². The Hall–Kier alpha value is -3.25. The molecule has 1 fully saturated rings. The fraction of sp³-hybridized carbons (Fsp3) is 0.286. The number of nitro benzene ring substituents is 1. The van der Waals surface area contributed by atoms with Crippen LogP contribution in [0.2, 0.25) is 0 Å². The van der Waals surface area contributed by atoms with Crippen molar-refractivity contribution in [1.82, 2.24) is 9.21 Å². The molecule has 0 N–H and O–H groups in total. The third-order valence-corrected chi connectivity index (χ3v) is 7.22. The van der Waals surface area contributed by atoms with Gasteiger partial charge in [-0.2, -0.15) is 17.5 Å². The SMILES string of the molecule is Cc1ccc([N+](=O)[O-])cc1S(=O)(=O)N1CCN(C(=O)/C=C/c2cccc(C(F)(F)F)c2)CC1. The van der Waals surface area contributed by atoms with Crippen LogP contribution < -0.4 is 0 Å². The van der Waals surface area contributed by atoms with Crippen molar-refractivity contribution < 1.29 is 31.3 Å². The first-order valence-electron chi connectivity index (χ1n) is 9.79. The van der Waals surface area contributed by atoms with Crippen LogP contribution in [-0.2, 0) is 21.0 Å². The number of alkyl halides is 3. The third-order valence-electron chi connectivity index (χ3n) is 5.18. The van der Waals surface area contributed by atoms with Crippen molar-refractivity contribution in [2.24, 2.45) is 0 Å². The number of carbonyl (C=O) groups is 1. The lowest BCUT2D eigenvalue weighted by Gasteiger charge is -2.33. The Kier molecular flexibility index (Phi) is 6.89.